The number of ether oxygens (including phenoxy) is 1. The van der Waals surface area contributed by atoms with Crippen LogP contribution in [0, 0.1) is 0 Å². The maximum absolute atomic E-state index is 13.3. The Kier molecular flexibility index (Phi) is 7.02. The van der Waals surface area contributed by atoms with E-state index in [9.17, 15) is 13.2 Å². The average Bonchev–Trinajstić information content (AvgIpc) is 3.26. The Hall–Kier alpha value is -2.97. The first-order valence-electron chi connectivity index (χ1n) is 9.11. The maximum atomic E-state index is 13.3. The quantitative estimate of drug-likeness (QED) is 0.537. The zero-order chi connectivity index (χ0) is 21.6. The molecule has 2 aromatic carbocycles. The van der Waals surface area contributed by atoms with Crippen LogP contribution in [0.25, 0.3) is 0 Å². The van der Waals surface area contributed by atoms with Crippen molar-refractivity contribution in [3.8, 4) is 5.75 Å². The van der Waals surface area contributed by atoms with Crippen molar-refractivity contribution in [3.63, 3.8) is 0 Å². The fraction of sp³-hybridized carbons (Fsp3) is 0.190. The van der Waals surface area contributed by atoms with Gasteiger partial charge in [-0.3, -0.25) is 9.10 Å². The van der Waals surface area contributed by atoms with E-state index in [2.05, 4.69) is 5.32 Å². The zero-order valence-corrected chi connectivity index (χ0v) is 17.8. The number of methoxy groups -OCH3 is 1. The summed E-state index contributed by atoms with van der Waals surface area (Å²) in [7, 11) is -2.41. The van der Waals surface area contributed by atoms with Crippen molar-refractivity contribution in [1.82, 2.24) is 5.32 Å². The van der Waals surface area contributed by atoms with Crippen molar-refractivity contribution >= 4 is 33.2 Å². The van der Waals surface area contributed by atoms with Crippen LogP contribution < -0.4 is 14.4 Å². The van der Waals surface area contributed by atoms with Crippen LogP contribution in [0.3, 0.4) is 0 Å². The summed E-state index contributed by atoms with van der Waals surface area (Å²) >= 11 is 5.99. The number of carbonyl (C=O) groups is 1. The molecule has 1 amide bonds. The van der Waals surface area contributed by atoms with Gasteiger partial charge in [-0.15, -0.1) is 0 Å². The van der Waals surface area contributed by atoms with E-state index in [-0.39, 0.29) is 30.3 Å². The minimum Gasteiger partial charge on any atom is -0.497 e. The van der Waals surface area contributed by atoms with Crippen molar-refractivity contribution in [2.75, 3.05) is 18.0 Å². The molecule has 0 fully saturated rings. The third-order valence-corrected chi connectivity index (χ3v) is 6.38. The Labute approximate surface area is 180 Å². The summed E-state index contributed by atoms with van der Waals surface area (Å²) in [6, 6.07) is 16.1. The van der Waals surface area contributed by atoms with Gasteiger partial charge >= 0.3 is 0 Å². The maximum Gasteiger partial charge on any atom is 0.264 e. The van der Waals surface area contributed by atoms with Crippen LogP contribution in [0.5, 0.6) is 5.75 Å². The second-order valence-electron chi connectivity index (χ2n) is 6.34. The number of benzene rings is 2. The number of rotatable bonds is 9. The summed E-state index contributed by atoms with van der Waals surface area (Å²) in [5.41, 5.74) is 0.412. The van der Waals surface area contributed by atoms with Gasteiger partial charge in [0, 0.05) is 18.0 Å². The van der Waals surface area contributed by atoms with Crippen LogP contribution in [0.1, 0.15) is 12.2 Å². The highest BCUT2D eigenvalue weighted by Crippen LogP contribution is 2.27. The minimum absolute atomic E-state index is 0.0352. The molecule has 1 N–H and O–H groups in total. The molecule has 7 nitrogen and oxygen atoms in total. The lowest BCUT2D eigenvalue weighted by molar-refractivity contribution is -0.121. The van der Waals surface area contributed by atoms with Crippen LogP contribution in [-0.4, -0.2) is 28.0 Å². The lowest BCUT2D eigenvalue weighted by atomic mass is 10.3. The number of anilines is 1. The molecular weight excluding hydrogens is 428 g/mol. The molecular formula is C21H21ClN2O5S. The first-order valence-corrected chi connectivity index (χ1v) is 10.9. The highest BCUT2D eigenvalue weighted by atomic mass is 35.5. The van der Waals surface area contributed by atoms with E-state index in [0.29, 0.717) is 22.2 Å². The molecule has 9 heteroatoms. The summed E-state index contributed by atoms with van der Waals surface area (Å²) in [5.74, 6) is 0.906. The Bertz CT molecular complexity index is 1080. The van der Waals surface area contributed by atoms with Crippen LogP contribution >= 0.6 is 11.6 Å². The van der Waals surface area contributed by atoms with Gasteiger partial charge in [0.1, 0.15) is 11.5 Å². The van der Waals surface area contributed by atoms with E-state index in [1.807, 2.05) is 0 Å². The lowest BCUT2D eigenvalue weighted by Gasteiger charge is -2.24. The topological polar surface area (TPSA) is 88.8 Å². The van der Waals surface area contributed by atoms with Gasteiger partial charge in [-0.05, 0) is 54.6 Å². The Balaban J connectivity index is 1.81. The monoisotopic (exact) mass is 448 g/mol. The van der Waals surface area contributed by atoms with Gasteiger partial charge in [0.2, 0.25) is 5.91 Å². The molecule has 0 saturated heterocycles. The van der Waals surface area contributed by atoms with Crippen molar-refractivity contribution in [2.24, 2.45) is 0 Å². The van der Waals surface area contributed by atoms with Crippen molar-refractivity contribution < 1.29 is 22.4 Å². The number of hydrogen-bond donors (Lipinski definition) is 1. The molecule has 0 aliphatic carbocycles. The molecule has 3 aromatic rings. The van der Waals surface area contributed by atoms with Gasteiger partial charge in [0.25, 0.3) is 10.0 Å². The van der Waals surface area contributed by atoms with E-state index in [1.165, 1.54) is 29.8 Å². The van der Waals surface area contributed by atoms with E-state index < -0.39 is 10.0 Å². The number of furan rings is 1. The van der Waals surface area contributed by atoms with Crippen molar-refractivity contribution in [2.45, 2.75) is 17.9 Å². The summed E-state index contributed by atoms with van der Waals surface area (Å²) in [4.78, 5) is 12.3. The first kappa shape index (κ1) is 21.7. The highest BCUT2D eigenvalue weighted by molar-refractivity contribution is 7.92. The van der Waals surface area contributed by atoms with Gasteiger partial charge in [0.05, 0.1) is 30.5 Å². The van der Waals surface area contributed by atoms with E-state index in [0.717, 1.165) is 0 Å². The number of carbonyl (C=O) groups excluding carboxylic acids is 1. The summed E-state index contributed by atoms with van der Waals surface area (Å²) in [6.45, 7) is 0.181. The first-order chi connectivity index (χ1) is 14.4. The SMILES string of the molecule is COc1ccc(N(CCC(=O)NCc2ccco2)S(=O)(=O)c2cccc(Cl)c2)cc1. The number of hydrogen-bond acceptors (Lipinski definition) is 5. The zero-order valence-electron chi connectivity index (χ0n) is 16.2. The Morgan fingerprint density at radius 3 is 2.53 bits per heavy atom. The van der Waals surface area contributed by atoms with E-state index in [1.54, 1.807) is 48.5 Å². The van der Waals surface area contributed by atoms with Gasteiger partial charge in [0.15, 0.2) is 0 Å². The van der Waals surface area contributed by atoms with Crippen LogP contribution in [0.2, 0.25) is 5.02 Å². The van der Waals surface area contributed by atoms with Gasteiger partial charge in [-0.1, -0.05) is 17.7 Å². The molecule has 0 radical (unpaired) electrons. The fourth-order valence-electron chi connectivity index (χ4n) is 2.78. The number of halogens is 1. The second-order valence-corrected chi connectivity index (χ2v) is 8.64. The lowest BCUT2D eigenvalue weighted by Crippen LogP contribution is -2.35. The molecule has 0 unspecified atom stereocenters. The molecule has 1 heterocycles. The standard InChI is InChI=1S/C21H21ClN2O5S/c1-28-18-9-7-17(8-10-18)24(30(26,27)20-6-2-4-16(22)14-20)12-11-21(25)23-15-19-5-3-13-29-19/h2-10,13-14H,11-12,15H2,1H3,(H,23,25). The van der Waals surface area contributed by atoms with Gasteiger partial charge in [-0.25, -0.2) is 8.42 Å². The summed E-state index contributed by atoms with van der Waals surface area (Å²) < 4.78 is 38.1. The molecule has 0 saturated carbocycles. The molecule has 0 atom stereocenters. The normalized spacial score (nSPS) is 11.1. The third-order valence-electron chi connectivity index (χ3n) is 4.33. The molecule has 0 bridgehead atoms. The fourth-order valence-corrected chi connectivity index (χ4v) is 4.55. The summed E-state index contributed by atoms with van der Waals surface area (Å²) in [6.07, 6.45) is 1.48. The second kappa shape index (κ2) is 9.69. The third kappa shape index (κ3) is 5.34. The minimum atomic E-state index is -3.94. The Morgan fingerprint density at radius 2 is 1.90 bits per heavy atom. The van der Waals surface area contributed by atoms with Crippen molar-refractivity contribution in [3.05, 3.63) is 77.7 Å². The van der Waals surface area contributed by atoms with Gasteiger partial charge in [-0.2, -0.15) is 0 Å². The largest absolute Gasteiger partial charge is 0.497 e. The predicted molar refractivity (Wildman–Crippen MR) is 114 cm³/mol. The highest BCUT2D eigenvalue weighted by Gasteiger charge is 2.26. The van der Waals surface area contributed by atoms with Crippen LogP contribution in [0.15, 0.2) is 76.2 Å². The van der Waals surface area contributed by atoms with Gasteiger partial charge < -0.3 is 14.5 Å². The number of amides is 1. The van der Waals surface area contributed by atoms with E-state index >= 15 is 0 Å². The predicted octanol–water partition coefficient (Wildman–Crippen LogP) is 3.84. The smallest absolute Gasteiger partial charge is 0.264 e. The average molecular weight is 449 g/mol. The molecule has 0 spiro atoms. The van der Waals surface area contributed by atoms with Crippen molar-refractivity contribution in [1.29, 1.82) is 0 Å². The Morgan fingerprint density at radius 1 is 1.13 bits per heavy atom. The molecule has 158 valence electrons. The molecule has 1 aromatic heterocycles. The molecule has 3 rings (SSSR count). The summed E-state index contributed by atoms with van der Waals surface area (Å²) in [5, 5.41) is 3.02. The number of nitrogens with zero attached hydrogens (tertiary/aromatic N) is 1. The molecule has 0 aliphatic rings. The van der Waals surface area contributed by atoms with E-state index in [4.69, 9.17) is 20.8 Å². The molecule has 0 aliphatic heterocycles. The van der Waals surface area contributed by atoms with Crippen LogP contribution in [0.4, 0.5) is 5.69 Å². The number of nitrogens with one attached hydrogen (secondary N) is 1. The molecule has 30 heavy (non-hydrogen) atoms. The van der Waals surface area contributed by atoms with Crippen LogP contribution in [-0.2, 0) is 21.4 Å². The number of sulfonamides is 1.